The van der Waals surface area contributed by atoms with Gasteiger partial charge in [0.15, 0.2) is 0 Å². The Kier molecular flexibility index (Phi) is 5.40. The van der Waals surface area contributed by atoms with Crippen molar-refractivity contribution in [3.05, 3.63) is 27.5 Å². The summed E-state index contributed by atoms with van der Waals surface area (Å²) < 4.78 is 4.82. The van der Waals surface area contributed by atoms with Crippen LogP contribution in [0.15, 0.2) is 17.0 Å². The fourth-order valence-corrected chi connectivity index (χ4v) is 2.03. The average Bonchev–Trinajstić information content (AvgIpc) is 2.72. The first-order valence-electron chi connectivity index (χ1n) is 5.12. The normalized spacial score (nSPS) is 11.0. The SMILES string of the molecule is COCCNC(=O)/C(C#N)=C/c1sccc1C. The Morgan fingerprint density at radius 3 is 3.00 bits per heavy atom. The average molecular weight is 250 g/mol. The van der Waals surface area contributed by atoms with Crippen LogP contribution >= 0.6 is 11.3 Å². The lowest BCUT2D eigenvalue weighted by Crippen LogP contribution is -2.27. The molecule has 0 aliphatic carbocycles. The summed E-state index contributed by atoms with van der Waals surface area (Å²) in [5, 5.41) is 13.5. The molecule has 1 amide bonds. The van der Waals surface area contributed by atoms with Crippen molar-refractivity contribution in [2.75, 3.05) is 20.3 Å². The van der Waals surface area contributed by atoms with Gasteiger partial charge in [0.2, 0.25) is 0 Å². The lowest BCUT2D eigenvalue weighted by Gasteiger charge is -2.02. The second-order valence-corrected chi connectivity index (χ2v) is 4.33. The van der Waals surface area contributed by atoms with Gasteiger partial charge in [-0.25, -0.2) is 0 Å². The molecule has 0 bridgehead atoms. The van der Waals surface area contributed by atoms with Crippen molar-refractivity contribution >= 4 is 23.3 Å². The van der Waals surface area contributed by atoms with Crippen molar-refractivity contribution < 1.29 is 9.53 Å². The van der Waals surface area contributed by atoms with E-state index in [2.05, 4.69) is 5.32 Å². The lowest BCUT2D eigenvalue weighted by molar-refractivity contribution is -0.117. The molecule has 4 nitrogen and oxygen atoms in total. The maximum Gasteiger partial charge on any atom is 0.262 e. The number of hydrogen-bond acceptors (Lipinski definition) is 4. The molecule has 1 heterocycles. The number of carbonyl (C=O) groups is 1. The first-order valence-corrected chi connectivity index (χ1v) is 6.00. The molecule has 1 N–H and O–H groups in total. The zero-order chi connectivity index (χ0) is 12.7. The second-order valence-electron chi connectivity index (χ2n) is 3.39. The van der Waals surface area contributed by atoms with Crippen LogP contribution in [0.3, 0.4) is 0 Å². The zero-order valence-corrected chi connectivity index (χ0v) is 10.6. The van der Waals surface area contributed by atoms with E-state index in [4.69, 9.17) is 10.00 Å². The first-order chi connectivity index (χ1) is 8.19. The summed E-state index contributed by atoms with van der Waals surface area (Å²) in [5.74, 6) is -0.364. The van der Waals surface area contributed by atoms with Crippen molar-refractivity contribution in [1.82, 2.24) is 5.32 Å². The number of rotatable bonds is 5. The molecule has 0 fully saturated rings. The number of hydrogen-bond donors (Lipinski definition) is 1. The Labute approximate surface area is 105 Å². The number of ether oxygens (including phenoxy) is 1. The largest absolute Gasteiger partial charge is 0.383 e. The van der Waals surface area contributed by atoms with Crippen LogP contribution in [0.1, 0.15) is 10.4 Å². The molecule has 0 saturated carbocycles. The molecule has 17 heavy (non-hydrogen) atoms. The molecule has 1 aromatic heterocycles. The van der Waals surface area contributed by atoms with Gasteiger partial charge < -0.3 is 10.1 Å². The number of nitriles is 1. The molecular weight excluding hydrogens is 236 g/mol. The molecule has 0 saturated heterocycles. The van der Waals surface area contributed by atoms with Crippen molar-refractivity contribution in [2.24, 2.45) is 0 Å². The lowest BCUT2D eigenvalue weighted by atomic mass is 10.2. The zero-order valence-electron chi connectivity index (χ0n) is 9.82. The summed E-state index contributed by atoms with van der Waals surface area (Å²) in [6, 6.07) is 3.86. The third-order valence-electron chi connectivity index (χ3n) is 2.13. The van der Waals surface area contributed by atoms with Gasteiger partial charge in [0.1, 0.15) is 11.6 Å². The third-order valence-corrected chi connectivity index (χ3v) is 3.10. The minimum Gasteiger partial charge on any atom is -0.383 e. The van der Waals surface area contributed by atoms with Crippen LogP contribution in [0.5, 0.6) is 0 Å². The monoisotopic (exact) mass is 250 g/mol. The molecule has 0 aromatic carbocycles. The summed E-state index contributed by atoms with van der Waals surface area (Å²) in [5.41, 5.74) is 1.18. The number of thiophene rings is 1. The predicted molar refractivity (Wildman–Crippen MR) is 67.5 cm³/mol. The second kappa shape index (κ2) is 6.84. The number of amides is 1. The Hall–Kier alpha value is -1.64. The van der Waals surface area contributed by atoms with Crippen molar-refractivity contribution in [2.45, 2.75) is 6.92 Å². The van der Waals surface area contributed by atoms with E-state index in [0.717, 1.165) is 10.4 Å². The number of nitrogens with one attached hydrogen (secondary N) is 1. The Morgan fingerprint density at radius 2 is 2.47 bits per heavy atom. The molecular formula is C12H14N2O2S. The van der Waals surface area contributed by atoms with Gasteiger partial charge in [0.05, 0.1) is 6.61 Å². The predicted octanol–water partition coefficient (Wildman–Crippen LogP) is 1.73. The maximum absolute atomic E-state index is 11.6. The first kappa shape index (κ1) is 13.4. The minimum atomic E-state index is -0.364. The molecule has 0 atom stereocenters. The molecule has 90 valence electrons. The molecule has 0 spiro atoms. The highest BCUT2D eigenvalue weighted by atomic mass is 32.1. The van der Waals surface area contributed by atoms with E-state index in [1.54, 1.807) is 13.2 Å². The van der Waals surface area contributed by atoms with E-state index in [1.807, 2.05) is 24.4 Å². The summed E-state index contributed by atoms with van der Waals surface area (Å²) in [6.45, 7) is 2.78. The van der Waals surface area contributed by atoms with E-state index in [0.29, 0.717) is 13.2 Å². The highest BCUT2D eigenvalue weighted by Crippen LogP contribution is 2.18. The number of nitrogens with zero attached hydrogens (tertiary/aromatic N) is 1. The van der Waals surface area contributed by atoms with Crippen LogP contribution in [0.2, 0.25) is 0 Å². The van der Waals surface area contributed by atoms with Gasteiger partial charge in [-0.1, -0.05) is 0 Å². The van der Waals surface area contributed by atoms with E-state index in [-0.39, 0.29) is 11.5 Å². The van der Waals surface area contributed by atoms with E-state index in [1.165, 1.54) is 11.3 Å². The topological polar surface area (TPSA) is 62.1 Å². The summed E-state index contributed by atoms with van der Waals surface area (Å²) in [7, 11) is 1.56. The molecule has 5 heteroatoms. The molecule has 0 aliphatic rings. The summed E-state index contributed by atoms with van der Waals surface area (Å²) in [4.78, 5) is 12.6. The van der Waals surface area contributed by atoms with Crippen LogP contribution in [-0.2, 0) is 9.53 Å². The standard InChI is InChI=1S/C12H14N2O2S/c1-9-3-6-17-11(9)7-10(8-13)12(15)14-4-5-16-2/h3,6-7H,4-5H2,1-2H3,(H,14,15)/b10-7+. The smallest absolute Gasteiger partial charge is 0.262 e. The van der Waals surface area contributed by atoms with Crippen molar-refractivity contribution in [3.63, 3.8) is 0 Å². The van der Waals surface area contributed by atoms with Gasteiger partial charge in [-0.05, 0) is 30.0 Å². The van der Waals surface area contributed by atoms with E-state index >= 15 is 0 Å². The molecule has 0 unspecified atom stereocenters. The third kappa shape index (κ3) is 4.02. The van der Waals surface area contributed by atoms with Crippen LogP contribution in [0, 0.1) is 18.3 Å². The quantitative estimate of drug-likeness (QED) is 0.492. The summed E-state index contributed by atoms with van der Waals surface area (Å²) in [6.07, 6.45) is 1.61. The van der Waals surface area contributed by atoms with E-state index < -0.39 is 0 Å². The number of methoxy groups -OCH3 is 1. The van der Waals surface area contributed by atoms with Gasteiger partial charge in [-0.15, -0.1) is 11.3 Å². The van der Waals surface area contributed by atoms with Gasteiger partial charge in [-0.2, -0.15) is 5.26 Å². The van der Waals surface area contributed by atoms with Gasteiger partial charge in [0.25, 0.3) is 5.91 Å². The van der Waals surface area contributed by atoms with Crippen LogP contribution in [0.4, 0.5) is 0 Å². The number of aryl methyl sites for hydroxylation is 1. The maximum atomic E-state index is 11.6. The Morgan fingerprint density at radius 1 is 1.71 bits per heavy atom. The van der Waals surface area contributed by atoms with Gasteiger partial charge >= 0.3 is 0 Å². The Balaban J connectivity index is 2.72. The Bertz CT molecular complexity index is 457. The minimum absolute atomic E-state index is 0.117. The number of carbonyl (C=O) groups excluding carboxylic acids is 1. The summed E-state index contributed by atoms with van der Waals surface area (Å²) >= 11 is 1.51. The fraction of sp³-hybridized carbons (Fsp3) is 0.333. The molecule has 0 aliphatic heterocycles. The van der Waals surface area contributed by atoms with E-state index in [9.17, 15) is 4.79 Å². The van der Waals surface area contributed by atoms with Gasteiger partial charge in [-0.3, -0.25) is 4.79 Å². The van der Waals surface area contributed by atoms with Gasteiger partial charge in [0, 0.05) is 18.5 Å². The highest BCUT2D eigenvalue weighted by molar-refractivity contribution is 7.11. The van der Waals surface area contributed by atoms with Crippen molar-refractivity contribution in [1.29, 1.82) is 5.26 Å². The molecule has 1 aromatic rings. The molecule has 1 rings (SSSR count). The van der Waals surface area contributed by atoms with Crippen LogP contribution < -0.4 is 5.32 Å². The fourth-order valence-electron chi connectivity index (χ4n) is 1.17. The molecule has 0 radical (unpaired) electrons. The van der Waals surface area contributed by atoms with Crippen molar-refractivity contribution in [3.8, 4) is 6.07 Å². The van der Waals surface area contributed by atoms with Crippen LogP contribution in [-0.4, -0.2) is 26.2 Å². The highest BCUT2D eigenvalue weighted by Gasteiger charge is 2.09. The van der Waals surface area contributed by atoms with Crippen LogP contribution in [0.25, 0.3) is 6.08 Å².